The van der Waals surface area contributed by atoms with E-state index in [1.54, 1.807) is 0 Å². The molecule has 92 valence electrons. The average Bonchev–Trinajstić information content (AvgIpc) is 2.44. The molecule has 0 radical (unpaired) electrons. The van der Waals surface area contributed by atoms with Crippen LogP contribution in [0.2, 0.25) is 0 Å². The number of nitrogens with zero attached hydrogens (tertiary/aromatic N) is 2. The summed E-state index contributed by atoms with van der Waals surface area (Å²) in [5.74, 6) is 5.05. The number of hydrogen-bond acceptors (Lipinski definition) is 2. The Balaban J connectivity index is 2.11. The van der Waals surface area contributed by atoms with E-state index in [1.165, 1.54) is 11.1 Å². The number of rotatable bonds is 4. The van der Waals surface area contributed by atoms with Crippen molar-refractivity contribution >= 4 is 23.1 Å². The predicted octanol–water partition coefficient (Wildman–Crippen LogP) is 4.25. The third kappa shape index (κ3) is 3.65. The highest BCUT2D eigenvalue weighted by atomic mass is 14.7. The molecule has 0 saturated heterocycles. The monoisotopic (exact) mass is 246 g/mol. The fraction of sp³-hybridized carbons (Fsp3) is 0.0588. The van der Waals surface area contributed by atoms with Gasteiger partial charge in [-0.2, -0.15) is 0 Å². The van der Waals surface area contributed by atoms with Gasteiger partial charge in [-0.1, -0.05) is 24.3 Å². The van der Waals surface area contributed by atoms with E-state index in [0.717, 1.165) is 17.8 Å². The summed E-state index contributed by atoms with van der Waals surface area (Å²) < 4.78 is 0. The molecule has 0 spiro atoms. The summed E-state index contributed by atoms with van der Waals surface area (Å²) in [6.07, 6.45) is 0.885. The second-order valence-corrected chi connectivity index (χ2v) is 4.05. The highest BCUT2D eigenvalue weighted by molar-refractivity contribution is 5.56. The number of hydrogen-bond donors (Lipinski definition) is 0. The van der Waals surface area contributed by atoms with Crippen LogP contribution in [0.1, 0.15) is 11.1 Å². The van der Waals surface area contributed by atoms with Gasteiger partial charge in [0.05, 0.1) is 11.4 Å². The Labute approximate surface area is 113 Å². The van der Waals surface area contributed by atoms with Crippen molar-refractivity contribution in [1.29, 1.82) is 0 Å². The van der Waals surface area contributed by atoms with E-state index in [4.69, 9.17) is 0 Å². The molecule has 0 fully saturated rings. The van der Waals surface area contributed by atoms with Crippen LogP contribution in [-0.2, 0) is 6.42 Å². The maximum absolute atomic E-state index is 4.00. The summed E-state index contributed by atoms with van der Waals surface area (Å²) in [5, 5.41) is 0. The summed E-state index contributed by atoms with van der Waals surface area (Å²) >= 11 is 0. The van der Waals surface area contributed by atoms with Gasteiger partial charge in [0.2, 0.25) is 0 Å². The molecular formula is C17H14N2. The van der Waals surface area contributed by atoms with Gasteiger partial charge in [-0.25, -0.2) is 9.98 Å². The third-order valence-corrected chi connectivity index (χ3v) is 2.70. The maximum Gasteiger partial charge on any atom is 0.0729 e. The maximum atomic E-state index is 4.00. The van der Waals surface area contributed by atoms with Crippen LogP contribution in [0, 0.1) is 0 Å². The Morgan fingerprint density at radius 1 is 0.684 bits per heavy atom. The normalized spacial score (nSPS) is 9.26. The number of aliphatic imine (C=N–C) groups is 2. The minimum atomic E-state index is 0.870. The largest absolute Gasteiger partial charge is 0.207 e. The Morgan fingerprint density at radius 3 is 1.37 bits per heavy atom. The smallest absolute Gasteiger partial charge is 0.0729 e. The summed E-state index contributed by atoms with van der Waals surface area (Å²) in [6.45, 7) is 6.92. The van der Waals surface area contributed by atoms with Crippen molar-refractivity contribution in [2.75, 3.05) is 0 Å². The second-order valence-electron chi connectivity index (χ2n) is 4.05. The van der Waals surface area contributed by atoms with E-state index >= 15 is 0 Å². The molecule has 19 heavy (non-hydrogen) atoms. The molecule has 2 rings (SSSR count). The quantitative estimate of drug-likeness (QED) is 0.720. The van der Waals surface area contributed by atoms with Crippen LogP contribution in [0.3, 0.4) is 0 Å². The van der Waals surface area contributed by atoms with E-state index in [2.05, 4.69) is 59.1 Å². The van der Waals surface area contributed by atoms with Crippen molar-refractivity contribution in [3.8, 4) is 0 Å². The minimum Gasteiger partial charge on any atom is -0.207 e. The van der Waals surface area contributed by atoms with Crippen LogP contribution in [0.15, 0.2) is 71.7 Å². The molecule has 0 heterocycles. The van der Waals surface area contributed by atoms with Gasteiger partial charge in [-0.05, 0) is 66.7 Å². The molecule has 0 aromatic heterocycles. The summed E-state index contributed by atoms with van der Waals surface area (Å²) in [5.41, 5.74) is 4.22. The Morgan fingerprint density at radius 2 is 1.05 bits per heavy atom. The molecule has 0 aliphatic carbocycles. The van der Waals surface area contributed by atoms with Crippen LogP contribution in [0.4, 0.5) is 11.4 Å². The molecule has 0 aliphatic rings. The highest BCUT2D eigenvalue weighted by Crippen LogP contribution is 2.17. The van der Waals surface area contributed by atoms with Gasteiger partial charge < -0.3 is 0 Å². The molecule has 0 atom stereocenters. The summed E-state index contributed by atoms with van der Waals surface area (Å²) in [7, 11) is 0. The van der Waals surface area contributed by atoms with Crippen molar-refractivity contribution in [3.63, 3.8) is 0 Å². The molecule has 0 amide bonds. The van der Waals surface area contributed by atoms with E-state index in [9.17, 15) is 0 Å². The fourth-order valence-electron chi connectivity index (χ4n) is 1.79. The molecular weight excluding hydrogens is 232 g/mol. The zero-order valence-electron chi connectivity index (χ0n) is 10.6. The molecule has 2 heteroatoms. The zero-order chi connectivity index (χ0) is 13.5. The van der Waals surface area contributed by atoms with Crippen molar-refractivity contribution in [2.24, 2.45) is 9.98 Å². The number of benzene rings is 2. The lowest BCUT2D eigenvalue weighted by atomic mass is 10.0. The molecule has 2 aromatic rings. The Bertz CT molecular complexity index is 579. The predicted molar refractivity (Wildman–Crippen MR) is 81.1 cm³/mol. The lowest BCUT2D eigenvalue weighted by molar-refractivity contribution is 1.19. The lowest BCUT2D eigenvalue weighted by Crippen LogP contribution is -1.86. The van der Waals surface area contributed by atoms with Crippen LogP contribution in [0.5, 0.6) is 0 Å². The van der Waals surface area contributed by atoms with Crippen LogP contribution < -0.4 is 0 Å². The molecule has 0 bridgehead atoms. The Hall–Kier alpha value is -2.66. The standard InChI is InChI=1S/C17H14N2/c1-3-18-16-9-5-14(6-10-16)13-15-7-11-17(12-8-15)19-4-2/h5-12H,1-2,13H2. The first-order valence-electron chi connectivity index (χ1n) is 5.95. The van der Waals surface area contributed by atoms with E-state index in [1.807, 2.05) is 24.3 Å². The van der Waals surface area contributed by atoms with E-state index in [0.29, 0.717) is 0 Å². The Kier molecular flexibility index (Phi) is 4.25. The molecule has 2 nitrogen and oxygen atoms in total. The summed E-state index contributed by atoms with van der Waals surface area (Å²) in [6, 6.07) is 16.1. The van der Waals surface area contributed by atoms with Crippen LogP contribution >= 0.6 is 0 Å². The van der Waals surface area contributed by atoms with Gasteiger partial charge in [-0.3, -0.25) is 0 Å². The van der Waals surface area contributed by atoms with Crippen LogP contribution in [0.25, 0.3) is 0 Å². The third-order valence-electron chi connectivity index (χ3n) is 2.70. The van der Waals surface area contributed by atoms with Crippen molar-refractivity contribution < 1.29 is 0 Å². The minimum absolute atomic E-state index is 0.870. The first-order valence-corrected chi connectivity index (χ1v) is 5.95. The van der Waals surface area contributed by atoms with E-state index in [-0.39, 0.29) is 0 Å². The SMILES string of the molecule is C=C=Nc1ccc(Cc2ccc(N=C=C)cc2)cc1. The fourth-order valence-corrected chi connectivity index (χ4v) is 1.79. The van der Waals surface area contributed by atoms with Gasteiger partial charge in [0.15, 0.2) is 0 Å². The van der Waals surface area contributed by atoms with Gasteiger partial charge in [0, 0.05) is 0 Å². The first kappa shape index (κ1) is 12.8. The average molecular weight is 246 g/mol. The van der Waals surface area contributed by atoms with Crippen molar-refractivity contribution in [2.45, 2.75) is 6.42 Å². The van der Waals surface area contributed by atoms with Crippen LogP contribution in [-0.4, -0.2) is 11.7 Å². The van der Waals surface area contributed by atoms with Gasteiger partial charge >= 0.3 is 0 Å². The lowest BCUT2D eigenvalue weighted by Gasteiger charge is -2.02. The highest BCUT2D eigenvalue weighted by Gasteiger charge is 1.97. The van der Waals surface area contributed by atoms with Gasteiger partial charge in [0.25, 0.3) is 0 Å². The molecule has 2 aromatic carbocycles. The molecule has 0 aliphatic heterocycles. The molecule has 0 saturated carbocycles. The second kappa shape index (κ2) is 6.32. The first-order chi connectivity index (χ1) is 9.31. The zero-order valence-corrected chi connectivity index (χ0v) is 10.6. The molecule has 0 unspecified atom stereocenters. The summed E-state index contributed by atoms with van der Waals surface area (Å²) in [4.78, 5) is 8.00. The van der Waals surface area contributed by atoms with Gasteiger partial charge in [0.1, 0.15) is 0 Å². The molecule has 0 N–H and O–H groups in total. The van der Waals surface area contributed by atoms with Crippen molar-refractivity contribution in [3.05, 3.63) is 72.8 Å². The van der Waals surface area contributed by atoms with E-state index < -0.39 is 0 Å². The van der Waals surface area contributed by atoms with Crippen molar-refractivity contribution in [1.82, 2.24) is 0 Å². The topological polar surface area (TPSA) is 24.7 Å². The van der Waals surface area contributed by atoms with Gasteiger partial charge in [-0.15, -0.1) is 0 Å².